The van der Waals surface area contributed by atoms with E-state index in [0.29, 0.717) is 6.79 Å². The average molecular weight is 331 g/mol. The van der Waals surface area contributed by atoms with Crippen LogP contribution < -0.4 is 0 Å². The molecule has 0 fully saturated rings. The Morgan fingerprint density at radius 2 is 1.48 bits per heavy atom. The maximum atomic E-state index is 5.90. The highest BCUT2D eigenvalue weighted by molar-refractivity contribution is 4.72. The molecule has 138 valence electrons. The summed E-state index contributed by atoms with van der Waals surface area (Å²) >= 11 is 0. The van der Waals surface area contributed by atoms with E-state index in [4.69, 9.17) is 18.9 Å². The standard InChI is InChI=1S/C19H38O4/c1-4-6-11-16-22-19(23-17-12-7-5-2)14-10-8-9-13-15-21-18-20-3/h13,15,19H,4-12,14,16-18H2,1-3H3. The fourth-order valence-corrected chi connectivity index (χ4v) is 2.17. The smallest absolute Gasteiger partial charge is 0.187 e. The highest BCUT2D eigenvalue weighted by Crippen LogP contribution is 2.11. The van der Waals surface area contributed by atoms with Gasteiger partial charge in [0.05, 0.1) is 6.26 Å². The van der Waals surface area contributed by atoms with E-state index in [0.717, 1.165) is 51.7 Å². The quantitative estimate of drug-likeness (QED) is 0.191. The summed E-state index contributed by atoms with van der Waals surface area (Å²) in [6, 6.07) is 0. The van der Waals surface area contributed by atoms with Gasteiger partial charge in [-0.2, -0.15) is 0 Å². The molecule has 0 amide bonds. The molecule has 0 saturated heterocycles. The predicted molar refractivity (Wildman–Crippen MR) is 95.3 cm³/mol. The van der Waals surface area contributed by atoms with Crippen molar-refractivity contribution in [3.05, 3.63) is 12.3 Å². The molecule has 0 saturated carbocycles. The Morgan fingerprint density at radius 3 is 2.04 bits per heavy atom. The molecule has 0 aromatic heterocycles. The van der Waals surface area contributed by atoms with Crippen LogP contribution >= 0.6 is 0 Å². The number of hydrogen-bond acceptors (Lipinski definition) is 4. The van der Waals surface area contributed by atoms with Gasteiger partial charge in [0.2, 0.25) is 0 Å². The summed E-state index contributed by atoms with van der Waals surface area (Å²) < 4.78 is 21.7. The second-order valence-corrected chi connectivity index (χ2v) is 5.81. The molecule has 0 aromatic rings. The first-order valence-corrected chi connectivity index (χ1v) is 9.33. The third-order valence-electron chi connectivity index (χ3n) is 3.54. The molecule has 4 heteroatoms. The van der Waals surface area contributed by atoms with Crippen molar-refractivity contribution in [1.29, 1.82) is 0 Å². The second-order valence-electron chi connectivity index (χ2n) is 5.81. The molecule has 0 bridgehead atoms. The fourth-order valence-electron chi connectivity index (χ4n) is 2.17. The Balaban J connectivity index is 3.74. The molecule has 0 radical (unpaired) electrons. The summed E-state index contributed by atoms with van der Waals surface area (Å²) in [6.45, 7) is 6.37. The molecule has 0 aliphatic carbocycles. The zero-order valence-electron chi connectivity index (χ0n) is 15.6. The average Bonchev–Trinajstić information content (AvgIpc) is 2.57. The second kappa shape index (κ2) is 19.5. The SMILES string of the molecule is CCCCCOC(CCCCC=COCOC)OCCCCC. The van der Waals surface area contributed by atoms with Gasteiger partial charge >= 0.3 is 0 Å². The maximum Gasteiger partial charge on any atom is 0.187 e. The molecule has 0 spiro atoms. The minimum Gasteiger partial charge on any atom is -0.476 e. The van der Waals surface area contributed by atoms with Crippen LogP contribution in [0.4, 0.5) is 0 Å². The Bertz CT molecular complexity index is 232. The predicted octanol–water partition coefficient (Wildman–Crippen LogP) is 5.42. The Morgan fingerprint density at radius 1 is 0.826 bits per heavy atom. The van der Waals surface area contributed by atoms with Gasteiger partial charge in [-0.1, -0.05) is 39.5 Å². The normalized spacial score (nSPS) is 11.7. The van der Waals surface area contributed by atoms with E-state index in [9.17, 15) is 0 Å². The van der Waals surface area contributed by atoms with Crippen LogP contribution in [-0.4, -0.2) is 33.4 Å². The molecule has 0 N–H and O–H groups in total. The Labute approximate surface area is 143 Å². The topological polar surface area (TPSA) is 36.9 Å². The Kier molecular flexibility index (Phi) is 19.0. The van der Waals surface area contributed by atoms with Gasteiger partial charge in [-0.3, -0.25) is 0 Å². The van der Waals surface area contributed by atoms with Crippen LogP contribution in [0.25, 0.3) is 0 Å². The lowest BCUT2D eigenvalue weighted by Gasteiger charge is -2.18. The van der Waals surface area contributed by atoms with Gasteiger partial charge in [0, 0.05) is 20.3 Å². The number of methoxy groups -OCH3 is 1. The highest BCUT2D eigenvalue weighted by Gasteiger charge is 2.08. The van der Waals surface area contributed by atoms with Gasteiger partial charge in [-0.15, -0.1) is 0 Å². The van der Waals surface area contributed by atoms with E-state index >= 15 is 0 Å². The molecular weight excluding hydrogens is 292 g/mol. The molecule has 4 nitrogen and oxygen atoms in total. The van der Waals surface area contributed by atoms with Gasteiger partial charge in [-0.25, -0.2) is 0 Å². The van der Waals surface area contributed by atoms with Crippen LogP contribution in [0.5, 0.6) is 0 Å². The maximum absolute atomic E-state index is 5.90. The van der Waals surface area contributed by atoms with Gasteiger partial charge in [0.1, 0.15) is 0 Å². The van der Waals surface area contributed by atoms with Crippen molar-refractivity contribution >= 4 is 0 Å². The summed E-state index contributed by atoms with van der Waals surface area (Å²) in [5, 5.41) is 0. The number of rotatable bonds is 18. The molecule has 0 atom stereocenters. The lowest BCUT2D eigenvalue weighted by Crippen LogP contribution is -2.19. The number of hydrogen-bond donors (Lipinski definition) is 0. The van der Waals surface area contributed by atoms with Crippen molar-refractivity contribution in [3.63, 3.8) is 0 Å². The van der Waals surface area contributed by atoms with Crippen LogP contribution in [0.15, 0.2) is 12.3 Å². The molecule has 0 aromatic carbocycles. The van der Waals surface area contributed by atoms with Crippen molar-refractivity contribution in [2.24, 2.45) is 0 Å². The third-order valence-corrected chi connectivity index (χ3v) is 3.54. The molecule has 0 aliphatic heterocycles. The van der Waals surface area contributed by atoms with Crippen LogP contribution in [0, 0.1) is 0 Å². The molecule has 0 heterocycles. The number of ether oxygens (including phenoxy) is 4. The fraction of sp³-hybridized carbons (Fsp3) is 0.895. The molecule has 0 rings (SSSR count). The molecular formula is C19H38O4. The lowest BCUT2D eigenvalue weighted by molar-refractivity contribution is -0.147. The van der Waals surface area contributed by atoms with E-state index in [1.165, 1.54) is 25.7 Å². The van der Waals surface area contributed by atoms with Gasteiger partial charge in [0.15, 0.2) is 13.1 Å². The van der Waals surface area contributed by atoms with Crippen LogP contribution in [0.2, 0.25) is 0 Å². The van der Waals surface area contributed by atoms with Gasteiger partial charge < -0.3 is 18.9 Å². The van der Waals surface area contributed by atoms with Crippen LogP contribution in [0.3, 0.4) is 0 Å². The minimum atomic E-state index is -0.0302. The van der Waals surface area contributed by atoms with E-state index in [-0.39, 0.29) is 6.29 Å². The molecule has 0 unspecified atom stereocenters. The van der Waals surface area contributed by atoms with E-state index in [2.05, 4.69) is 13.8 Å². The largest absolute Gasteiger partial charge is 0.476 e. The van der Waals surface area contributed by atoms with Crippen molar-refractivity contribution in [2.75, 3.05) is 27.1 Å². The van der Waals surface area contributed by atoms with Crippen molar-refractivity contribution in [2.45, 2.75) is 84.3 Å². The van der Waals surface area contributed by atoms with Crippen molar-refractivity contribution < 1.29 is 18.9 Å². The first-order valence-electron chi connectivity index (χ1n) is 9.33. The van der Waals surface area contributed by atoms with Gasteiger partial charge in [0.25, 0.3) is 0 Å². The first kappa shape index (κ1) is 22.4. The summed E-state index contributed by atoms with van der Waals surface area (Å²) in [6.07, 6.45) is 15.1. The summed E-state index contributed by atoms with van der Waals surface area (Å²) in [5.74, 6) is 0. The highest BCUT2D eigenvalue weighted by atomic mass is 16.7. The monoisotopic (exact) mass is 330 g/mol. The number of unbranched alkanes of at least 4 members (excludes halogenated alkanes) is 6. The first-order chi connectivity index (χ1) is 11.3. The third kappa shape index (κ3) is 17.6. The van der Waals surface area contributed by atoms with Crippen molar-refractivity contribution in [1.82, 2.24) is 0 Å². The summed E-state index contributed by atoms with van der Waals surface area (Å²) in [7, 11) is 1.62. The van der Waals surface area contributed by atoms with Crippen molar-refractivity contribution in [3.8, 4) is 0 Å². The van der Waals surface area contributed by atoms with E-state index in [1.807, 2.05) is 6.08 Å². The lowest BCUT2D eigenvalue weighted by atomic mass is 10.2. The summed E-state index contributed by atoms with van der Waals surface area (Å²) in [4.78, 5) is 0. The van der Waals surface area contributed by atoms with Crippen LogP contribution in [-0.2, 0) is 18.9 Å². The number of allylic oxidation sites excluding steroid dienone is 1. The zero-order chi connectivity index (χ0) is 17.0. The zero-order valence-corrected chi connectivity index (χ0v) is 15.6. The van der Waals surface area contributed by atoms with E-state index < -0.39 is 0 Å². The molecule has 0 aliphatic rings. The molecule has 23 heavy (non-hydrogen) atoms. The van der Waals surface area contributed by atoms with Crippen LogP contribution in [0.1, 0.15) is 78.1 Å². The Hall–Kier alpha value is -0.580. The van der Waals surface area contributed by atoms with E-state index in [1.54, 1.807) is 13.4 Å². The van der Waals surface area contributed by atoms with Gasteiger partial charge in [-0.05, 0) is 44.6 Å². The summed E-state index contributed by atoms with van der Waals surface area (Å²) in [5.41, 5.74) is 0. The minimum absolute atomic E-state index is 0.0302.